The van der Waals surface area contributed by atoms with Crippen molar-refractivity contribution in [2.24, 2.45) is 4.99 Å². The van der Waals surface area contributed by atoms with E-state index in [4.69, 9.17) is 4.74 Å². The van der Waals surface area contributed by atoms with Gasteiger partial charge in [-0.25, -0.2) is 4.79 Å². The molecular formula is C16H33N5O3. The zero-order chi connectivity index (χ0) is 18.8. The Morgan fingerprint density at radius 3 is 2.04 bits per heavy atom. The number of hydrogen-bond acceptors (Lipinski definition) is 4. The minimum absolute atomic E-state index is 0.1000. The minimum atomic E-state index is -0.498. The SMILES string of the molecule is CN=C(NCCCNC(=O)OC(C)(C)C)NCC(=O)NC(C)(C)C. The summed E-state index contributed by atoms with van der Waals surface area (Å²) in [5.74, 6) is 0.438. The molecule has 4 N–H and O–H groups in total. The van der Waals surface area contributed by atoms with Crippen LogP contribution in [0.2, 0.25) is 0 Å². The first kappa shape index (κ1) is 22.0. The molecule has 0 aromatic heterocycles. The predicted molar refractivity (Wildman–Crippen MR) is 96.1 cm³/mol. The molecule has 0 aliphatic heterocycles. The van der Waals surface area contributed by atoms with E-state index in [1.807, 2.05) is 41.5 Å². The molecule has 0 spiro atoms. The van der Waals surface area contributed by atoms with Crippen molar-refractivity contribution in [1.82, 2.24) is 21.3 Å². The van der Waals surface area contributed by atoms with Crippen molar-refractivity contribution in [3.05, 3.63) is 0 Å². The minimum Gasteiger partial charge on any atom is -0.444 e. The largest absolute Gasteiger partial charge is 0.444 e. The molecule has 0 atom stereocenters. The van der Waals surface area contributed by atoms with Crippen molar-refractivity contribution in [3.8, 4) is 0 Å². The number of rotatable bonds is 6. The molecule has 0 aliphatic carbocycles. The lowest BCUT2D eigenvalue weighted by Gasteiger charge is -2.21. The predicted octanol–water partition coefficient (Wildman–Crippen LogP) is 0.981. The third-order valence-electron chi connectivity index (χ3n) is 2.47. The summed E-state index contributed by atoms with van der Waals surface area (Å²) in [6.45, 7) is 12.5. The van der Waals surface area contributed by atoms with E-state index in [2.05, 4.69) is 26.3 Å². The molecule has 0 saturated carbocycles. The fourth-order valence-corrected chi connectivity index (χ4v) is 1.65. The van der Waals surface area contributed by atoms with Gasteiger partial charge in [0.05, 0.1) is 6.54 Å². The Bertz CT molecular complexity index is 436. The van der Waals surface area contributed by atoms with E-state index >= 15 is 0 Å². The number of amides is 2. The van der Waals surface area contributed by atoms with Crippen LogP contribution < -0.4 is 21.3 Å². The molecule has 0 fully saturated rings. The molecule has 2 amide bonds. The monoisotopic (exact) mass is 343 g/mol. The van der Waals surface area contributed by atoms with Crippen LogP contribution in [0.3, 0.4) is 0 Å². The summed E-state index contributed by atoms with van der Waals surface area (Å²) in [6.07, 6.45) is 0.276. The molecule has 8 heteroatoms. The number of aliphatic imine (C=N–C) groups is 1. The molecule has 0 aromatic carbocycles. The molecule has 0 saturated heterocycles. The topological polar surface area (TPSA) is 104 Å². The Labute approximate surface area is 145 Å². The highest BCUT2D eigenvalue weighted by Gasteiger charge is 2.15. The van der Waals surface area contributed by atoms with Crippen LogP contribution in [0.15, 0.2) is 4.99 Å². The Hall–Kier alpha value is -1.99. The zero-order valence-electron chi connectivity index (χ0n) is 16.0. The lowest BCUT2D eigenvalue weighted by molar-refractivity contribution is -0.121. The Balaban J connectivity index is 3.88. The smallest absolute Gasteiger partial charge is 0.407 e. The first-order valence-corrected chi connectivity index (χ1v) is 8.15. The van der Waals surface area contributed by atoms with Crippen LogP contribution >= 0.6 is 0 Å². The highest BCUT2D eigenvalue weighted by Crippen LogP contribution is 2.06. The molecular weight excluding hydrogens is 310 g/mol. The van der Waals surface area contributed by atoms with Gasteiger partial charge >= 0.3 is 6.09 Å². The van der Waals surface area contributed by atoms with Gasteiger partial charge in [0.2, 0.25) is 5.91 Å². The maximum absolute atomic E-state index is 11.7. The van der Waals surface area contributed by atoms with Gasteiger partial charge in [-0.2, -0.15) is 0 Å². The normalized spacial score (nSPS) is 12.4. The number of nitrogens with zero attached hydrogens (tertiary/aromatic N) is 1. The first-order chi connectivity index (χ1) is 10.9. The van der Waals surface area contributed by atoms with Crippen LogP contribution in [0.4, 0.5) is 4.79 Å². The number of ether oxygens (including phenoxy) is 1. The standard InChI is InChI=1S/C16H33N5O3/c1-15(2,3)21-12(22)11-20-13(17-7)18-9-8-10-19-14(23)24-16(4,5)6/h8-11H2,1-7H3,(H,19,23)(H,21,22)(H2,17,18,20). The van der Waals surface area contributed by atoms with Crippen LogP contribution in [-0.4, -0.2) is 55.8 Å². The molecule has 0 heterocycles. The Morgan fingerprint density at radius 1 is 0.958 bits per heavy atom. The maximum atomic E-state index is 11.7. The average Bonchev–Trinajstić information content (AvgIpc) is 2.37. The van der Waals surface area contributed by atoms with Crippen molar-refractivity contribution in [1.29, 1.82) is 0 Å². The van der Waals surface area contributed by atoms with E-state index in [0.29, 0.717) is 25.5 Å². The molecule has 24 heavy (non-hydrogen) atoms. The lowest BCUT2D eigenvalue weighted by atomic mass is 10.1. The molecule has 0 unspecified atom stereocenters. The van der Waals surface area contributed by atoms with Crippen LogP contribution in [0.5, 0.6) is 0 Å². The van der Waals surface area contributed by atoms with E-state index in [0.717, 1.165) is 0 Å². The zero-order valence-corrected chi connectivity index (χ0v) is 16.0. The summed E-state index contributed by atoms with van der Waals surface area (Å²) in [5.41, 5.74) is -0.759. The van der Waals surface area contributed by atoms with E-state index in [-0.39, 0.29) is 18.0 Å². The second-order valence-electron chi connectivity index (χ2n) is 7.43. The van der Waals surface area contributed by atoms with Crippen molar-refractivity contribution < 1.29 is 14.3 Å². The molecule has 0 radical (unpaired) electrons. The van der Waals surface area contributed by atoms with Crippen LogP contribution in [0.1, 0.15) is 48.0 Å². The van der Waals surface area contributed by atoms with Crippen molar-refractivity contribution >= 4 is 18.0 Å². The first-order valence-electron chi connectivity index (χ1n) is 8.15. The van der Waals surface area contributed by atoms with Crippen LogP contribution in [0.25, 0.3) is 0 Å². The molecule has 0 rings (SSSR count). The second-order valence-corrected chi connectivity index (χ2v) is 7.43. The quantitative estimate of drug-likeness (QED) is 0.327. The van der Waals surface area contributed by atoms with Gasteiger partial charge in [0, 0.05) is 25.7 Å². The highest BCUT2D eigenvalue weighted by atomic mass is 16.6. The van der Waals surface area contributed by atoms with Gasteiger partial charge in [-0.15, -0.1) is 0 Å². The summed E-state index contributed by atoms with van der Waals surface area (Å²) in [6, 6.07) is 0. The highest BCUT2D eigenvalue weighted by molar-refractivity contribution is 5.86. The summed E-state index contributed by atoms with van der Waals surface area (Å²) in [5, 5.41) is 11.6. The number of alkyl carbamates (subject to hydrolysis) is 1. The van der Waals surface area contributed by atoms with Crippen molar-refractivity contribution in [2.45, 2.75) is 59.1 Å². The van der Waals surface area contributed by atoms with E-state index in [1.54, 1.807) is 7.05 Å². The van der Waals surface area contributed by atoms with Crippen molar-refractivity contribution in [2.75, 3.05) is 26.7 Å². The fourth-order valence-electron chi connectivity index (χ4n) is 1.65. The average molecular weight is 343 g/mol. The lowest BCUT2D eigenvalue weighted by Crippen LogP contribution is -2.48. The summed E-state index contributed by atoms with van der Waals surface area (Å²) < 4.78 is 5.14. The molecule has 0 aliphatic rings. The van der Waals surface area contributed by atoms with Gasteiger partial charge in [0.1, 0.15) is 5.60 Å². The molecule has 140 valence electrons. The van der Waals surface area contributed by atoms with Gasteiger partial charge in [-0.3, -0.25) is 9.79 Å². The van der Waals surface area contributed by atoms with Crippen molar-refractivity contribution in [3.63, 3.8) is 0 Å². The van der Waals surface area contributed by atoms with Gasteiger partial charge in [0.25, 0.3) is 0 Å². The van der Waals surface area contributed by atoms with Gasteiger partial charge < -0.3 is 26.0 Å². The number of carbonyl (C=O) groups excluding carboxylic acids is 2. The van der Waals surface area contributed by atoms with Gasteiger partial charge in [-0.05, 0) is 48.0 Å². The van der Waals surface area contributed by atoms with Gasteiger partial charge in [-0.1, -0.05) is 0 Å². The number of hydrogen-bond donors (Lipinski definition) is 4. The van der Waals surface area contributed by atoms with E-state index < -0.39 is 11.7 Å². The van der Waals surface area contributed by atoms with Crippen LogP contribution in [0, 0.1) is 0 Å². The van der Waals surface area contributed by atoms with E-state index in [1.165, 1.54) is 0 Å². The fraction of sp³-hybridized carbons (Fsp3) is 0.812. The maximum Gasteiger partial charge on any atom is 0.407 e. The van der Waals surface area contributed by atoms with Gasteiger partial charge in [0.15, 0.2) is 5.96 Å². The number of carbonyl (C=O) groups is 2. The summed E-state index contributed by atoms with van der Waals surface area (Å²) >= 11 is 0. The third kappa shape index (κ3) is 13.7. The van der Waals surface area contributed by atoms with E-state index in [9.17, 15) is 9.59 Å². The van der Waals surface area contributed by atoms with Crippen LogP contribution in [-0.2, 0) is 9.53 Å². The Morgan fingerprint density at radius 2 is 1.54 bits per heavy atom. The molecule has 0 bridgehead atoms. The molecule has 0 aromatic rings. The summed E-state index contributed by atoms with van der Waals surface area (Å²) in [7, 11) is 1.63. The summed E-state index contributed by atoms with van der Waals surface area (Å²) in [4.78, 5) is 27.2. The molecule has 8 nitrogen and oxygen atoms in total. The number of guanidine groups is 1. The number of nitrogens with one attached hydrogen (secondary N) is 4. The third-order valence-corrected chi connectivity index (χ3v) is 2.47. The Kier molecular flexibility index (Phi) is 9.17. The second kappa shape index (κ2) is 10.00.